The summed E-state index contributed by atoms with van der Waals surface area (Å²) in [5.41, 5.74) is 2.52. The molecule has 3 aromatic carbocycles. The monoisotopic (exact) mass is 558 g/mol. The smallest absolute Gasteiger partial charge is 0.264 e. The first-order valence-electron chi connectivity index (χ1n) is 11.5. The van der Waals surface area contributed by atoms with Crippen molar-refractivity contribution in [2.24, 2.45) is 0 Å². The van der Waals surface area contributed by atoms with Crippen molar-refractivity contribution >= 4 is 37.5 Å². The van der Waals surface area contributed by atoms with Crippen molar-refractivity contribution in [1.82, 2.24) is 5.32 Å². The minimum Gasteiger partial charge on any atom is -0.491 e. The molecule has 0 aliphatic heterocycles. The number of ether oxygens (including phenoxy) is 1. The van der Waals surface area contributed by atoms with Crippen LogP contribution in [-0.4, -0.2) is 33.5 Å². The second kappa shape index (κ2) is 12.2. The number of amides is 1. The van der Waals surface area contributed by atoms with Gasteiger partial charge in [-0.1, -0.05) is 51.8 Å². The van der Waals surface area contributed by atoms with Crippen LogP contribution >= 0.6 is 15.9 Å². The second-order valence-electron chi connectivity index (χ2n) is 8.57. The molecule has 0 spiro atoms. The summed E-state index contributed by atoms with van der Waals surface area (Å²) in [6.07, 6.45) is 1.65. The summed E-state index contributed by atoms with van der Waals surface area (Å²) in [5, 5.41) is 2.86. The van der Waals surface area contributed by atoms with Crippen LogP contribution in [0.5, 0.6) is 5.75 Å². The molecule has 0 unspecified atom stereocenters. The molecule has 186 valence electrons. The van der Waals surface area contributed by atoms with Gasteiger partial charge in [-0.15, -0.1) is 0 Å². The Kier molecular flexibility index (Phi) is 9.34. The molecule has 0 heterocycles. The van der Waals surface area contributed by atoms with Gasteiger partial charge in [0.25, 0.3) is 10.0 Å². The van der Waals surface area contributed by atoms with Gasteiger partial charge in [-0.05, 0) is 81.6 Å². The van der Waals surface area contributed by atoms with E-state index in [1.165, 1.54) is 0 Å². The normalized spacial score (nSPS) is 11.3. The molecular formula is C27H31BrN2O4S. The van der Waals surface area contributed by atoms with E-state index >= 15 is 0 Å². The lowest BCUT2D eigenvalue weighted by Crippen LogP contribution is -2.41. The second-order valence-corrected chi connectivity index (χ2v) is 11.3. The fourth-order valence-corrected chi connectivity index (χ4v) is 5.30. The largest absolute Gasteiger partial charge is 0.491 e. The van der Waals surface area contributed by atoms with Crippen molar-refractivity contribution in [1.29, 1.82) is 0 Å². The lowest BCUT2D eigenvalue weighted by molar-refractivity contribution is -0.119. The maximum atomic E-state index is 13.4. The number of nitrogens with zero attached hydrogens (tertiary/aromatic N) is 1. The summed E-state index contributed by atoms with van der Waals surface area (Å²) in [5.74, 6) is 0.473. The molecule has 1 amide bonds. The van der Waals surface area contributed by atoms with Gasteiger partial charge in [0.15, 0.2) is 0 Å². The van der Waals surface area contributed by atoms with Crippen molar-refractivity contribution in [3.8, 4) is 5.75 Å². The summed E-state index contributed by atoms with van der Waals surface area (Å²) < 4.78 is 34.4. The number of carbonyl (C=O) groups excluding carboxylic acids is 1. The molecule has 6 nitrogen and oxygen atoms in total. The molecule has 0 aromatic heterocycles. The Morgan fingerprint density at radius 2 is 1.71 bits per heavy atom. The number of hydrogen-bond donors (Lipinski definition) is 1. The van der Waals surface area contributed by atoms with Crippen LogP contribution < -0.4 is 14.4 Å². The van der Waals surface area contributed by atoms with Crippen LogP contribution in [0, 0.1) is 6.92 Å². The molecule has 8 heteroatoms. The van der Waals surface area contributed by atoms with Gasteiger partial charge in [-0.25, -0.2) is 8.42 Å². The Morgan fingerprint density at radius 3 is 2.34 bits per heavy atom. The number of aryl methyl sites for hydroxylation is 2. The molecule has 0 radical (unpaired) electrons. The number of nitrogens with one attached hydrogen (secondary N) is 1. The van der Waals surface area contributed by atoms with Crippen LogP contribution in [0.1, 0.15) is 31.4 Å². The van der Waals surface area contributed by atoms with Gasteiger partial charge in [-0.3, -0.25) is 9.10 Å². The number of carbonyl (C=O) groups is 1. The average molecular weight is 560 g/mol. The van der Waals surface area contributed by atoms with Crippen molar-refractivity contribution in [3.05, 3.63) is 88.4 Å². The number of sulfonamides is 1. The van der Waals surface area contributed by atoms with Crippen molar-refractivity contribution in [3.63, 3.8) is 0 Å². The van der Waals surface area contributed by atoms with Gasteiger partial charge in [-0.2, -0.15) is 0 Å². The summed E-state index contributed by atoms with van der Waals surface area (Å²) in [4.78, 5) is 12.9. The van der Waals surface area contributed by atoms with E-state index in [4.69, 9.17) is 4.74 Å². The zero-order valence-corrected chi connectivity index (χ0v) is 22.6. The first-order chi connectivity index (χ1) is 16.6. The van der Waals surface area contributed by atoms with Gasteiger partial charge in [0, 0.05) is 11.0 Å². The molecular weight excluding hydrogens is 528 g/mol. The molecule has 3 aromatic rings. The fraction of sp³-hybridized carbons (Fsp3) is 0.296. The molecule has 0 saturated heterocycles. The Morgan fingerprint density at radius 1 is 1.03 bits per heavy atom. The Hall–Kier alpha value is -2.84. The van der Waals surface area contributed by atoms with Gasteiger partial charge in [0.05, 0.1) is 16.7 Å². The van der Waals surface area contributed by atoms with E-state index in [2.05, 4.69) is 21.2 Å². The maximum Gasteiger partial charge on any atom is 0.264 e. The van der Waals surface area contributed by atoms with E-state index in [-0.39, 0.29) is 23.5 Å². The molecule has 0 atom stereocenters. The van der Waals surface area contributed by atoms with E-state index in [9.17, 15) is 13.2 Å². The number of hydrogen-bond acceptors (Lipinski definition) is 4. The van der Waals surface area contributed by atoms with Crippen LogP contribution in [0.3, 0.4) is 0 Å². The molecule has 0 aliphatic carbocycles. The summed E-state index contributed by atoms with van der Waals surface area (Å²) in [6.45, 7) is 6.00. The lowest BCUT2D eigenvalue weighted by Gasteiger charge is -2.24. The third-order valence-electron chi connectivity index (χ3n) is 5.25. The maximum absolute atomic E-state index is 13.4. The summed E-state index contributed by atoms with van der Waals surface area (Å²) in [7, 11) is -3.93. The van der Waals surface area contributed by atoms with Gasteiger partial charge in [0.1, 0.15) is 12.3 Å². The zero-order chi connectivity index (χ0) is 25.4. The third-order valence-corrected chi connectivity index (χ3v) is 7.53. The third kappa shape index (κ3) is 7.83. The molecule has 0 aliphatic rings. The Bertz CT molecular complexity index is 1230. The zero-order valence-electron chi connectivity index (χ0n) is 20.2. The van der Waals surface area contributed by atoms with E-state index in [1.807, 2.05) is 51.1 Å². The molecule has 35 heavy (non-hydrogen) atoms. The predicted octanol–water partition coefficient (Wildman–Crippen LogP) is 5.49. The molecule has 0 saturated carbocycles. The standard InChI is InChI=1S/C27H31BrN2O4S/c1-20(2)34-25-13-11-22(12-14-25)6-5-17-29-27(31)19-30(24-8-4-7-23(28)18-24)35(32,33)26-15-9-21(3)10-16-26/h4,7-16,18,20H,5-6,17,19H2,1-3H3,(H,29,31). The Balaban J connectivity index is 1.63. The van der Waals surface area contributed by atoms with Gasteiger partial charge >= 0.3 is 0 Å². The quantitative estimate of drug-likeness (QED) is 0.316. The van der Waals surface area contributed by atoms with Crippen LogP contribution in [0.25, 0.3) is 0 Å². The molecule has 0 fully saturated rings. The van der Waals surface area contributed by atoms with E-state index in [0.717, 1.165) is 38.5 Å². The average Bonchev–Trinajstić information content (AvgIpc) is 2.81. The van der Waals surface area contributed by atoms with Crippen LogP contribution in [-0.2, 0) is 21.2 Å². The molecule has 0 bridgehead atoms. The van der Waals surface area contributed by atoms with Gasteiger partial charge < -0.3 is 10.1 Å². The van der Waals surface area contributed by atoms with Crippen LogP contribution in [0.15, 0.2) is 82.2 Å². The SMILES string of the molecule is Cc1ccc(S(=O)(=O)N(CC(=O)NCCCc2ccc(OC(C)C)cc2)c2cccc(Br)c2)cc1. The van der Waals surface area contributed by atoms with E-state index < -0.39 is 10.0 Å². The topological polar surface area (TPSA) is 75.7 Å². The minimum atomic E-state index is -3.93. The lowest BCUT2D eigenvalue weighted by atomic mass is 10.1. The number of halogens is 1. The first-order valence-corrected chi connectivity index (χ1v) is 13.8. The van der Waals surface area contributed by atoms with E-state index in [0.29, 0.717) is 12.2 Å². The first kappa shape index (κ1) is 26.8. The van der Waals surface area contributed by atoms with Crippen LogP contribution in [0.2, 0.25) is 0 Å². The highest BCUT2D eigenvalue weighted by molar-refractivity contribution is 9.10. The highest BCUT2D eigenvalue weighted by Gasteiger charge is 2.27. The van der Waals surface area contributed by atoms with Crippen molar-refractivity contribution in [2.45, 2.75) is 44.6 Å². The van der Waals surface area contributed by atoms with E-state index in [1.54, 1.807) is 42.5 Å². The number of rotatable bonds is 11. The predicted molar refractivity (Wildman–Crippen MR) is 143 cm³/mol. The minimum absolute atomic E-state index is 0.127. The van der Waals surface area contributed by atoms with Gasteiger partial charge in [0.2, 0.25) is 5.91 Å². The van der Waals surface area contributed by atoms with Crippen molar-refractivity contribution < 1.29 is 17.9 Å². The van der Waals surface area contributed by atoms with Crippen molar-refractivity contribution in [2.75, 3.05) is 17.4 Å². The molecule has 1 N–H and O–H groups in total. The highest BCUT2D eigenvalue weighted by Crippen LogP contribution is 2.26. The summed E-state index contributed by atoms with van der Waals surface area (Å²) >= 11 is 3.39. The summed E-state index contributed by atoms with van der Waals surface area (Å²) in [6, 6.07) is 21.4. The number of anilines is 1. The van der Waals surface area contributed by atoms with Crippen LogP contribution in [0.4, 0.5) is 5.69 Å². The highest BCUT2D eigenvalue weighted by atomic mass is 79.9. The fourth-order valence-electron chi connectivity index (χ4n) is 3.50. The molecule has 3 rings (SSSR count). The number of benzene rings is 3. The Labute approximate surface area is 216 Å².